The fourth-order valence-electron chi connectivity index (χ4n) is 5.57. The van der Waals surface area contributed by atoms with Gasteiger partial charge in [-0.3, -0.25) is 4.79 Å². The van der Waals surface area contributed by atoms with Crippen LogP contribution in [0.3, 0.4) is 0 Å². The lowest BCUT2D eigenvalue weighted by Gasteiger charge is -2.64. The van der Waals surface area contributed by atoms with Crippen LogP contribution in [0, 0.1) is 23.2 Å². The monoisotopic (exact) mass is 220 g/mol. The predicted molar refractivity (Wildman–Crippen MR) is 59.7 cm³/mol. The number of rotatable bonds is 1. The Hall–Kier alpha value is -0.530. The van der Waals surface area contributed by atoms with Gasteiger partial charge < -0.3 is 4.74 Å². The molecular weight excluding hydrogens is 200 g/mol. The van der Waals surface area contributed by atoms with Crippen molar-refractivity contribution >= 4 is 5.97 Å². The van der Waals surface area contributed by atoms with Gasteiger partial charge in [0.15, 0.2) is 0 Å². The van der Waals surface area contributed by atoms with Crippen molar-refractivity contribution < 1.29 is 9.53 Å². The van der Waals surface area contributed by atoms with E-state index in [0.717, 1.165) is 17.8 Å². The van der Waals surface area contributed by atoms with E-state index < -0.39 is 0 Å². The van der Waals surface area contributed by atoms with E-state index in [9.17, 15) is 4.79 Å². The van der Waals surface area contributed by atoms with Crippen molar-refractivity contribution in [2.75, 3.05) is 0 Å². The molecule has 4 aliphatic carbocycles. The highest BCUT2D eigenvalue weighted by atomic mass is 16.6. The molecule has 88 valence electrons. The summed E-state index contributed by atoms with van der Waals surface area (Å²) in [5.74, 6) is 2.87. The van der Waals surface area contributed by atoms with Gasteiger partial charge in [0.2, 0.25) is 0 Å². The summed E-state index contributed by atoms with van der Waals surface area (Å²) >= 11 is 0. The van der Waals surface area contributed by atoms with E-state index in [1.165, 1.54) is 38.5 Å². The number of hydrogen-bond acceptors (Lipinski definition) is 2. The molecule has 5 fully saturated rings. The molecule has 0 aromatic heterocycles. The van der Waals surface area contributed by atoms with Crippen molar-refractivity contribution in [1.82, 2.24) is 0 Å². The molecule has 4 bridgehead atoms. The molecule has 1 heterocycles. The first-order valence-electron chi connectivity index (χ1n) is 6.80. The first-order valence-corrected chi connectivity index (χ1v) is 6.80. The lowest BCUT2D eigenvalue weighted by atomic mass is 9.44. The van der Waals surface area contributed by atoms with Crippen LogP contribution in [-0.4, -0.2) is 11.6 Å². The molecule has 0 N–H and O–H groups in total. The van der Waals surface area contributed by atoms with Gasteiger partial charge >= 0.3 is 5.97 Å². The minimum Gasteiger partial charge on any atom is -0.458 e. The molecule has 1 atom stereocenters. The molecular formula is C14H20O2. The van der Waals surface area contributed by atoms with Crippen LogP contribution in [0.15, 0.2) is 0 Å². The molecule has 0 aromatic carbocycles. The Morgan fingerprint density at radius 1 is 1.06 bits per heavy atom. The first kappa shape index (κ1) is 9.49. The predicted octanol–water partition coefficient (Wildman–Crippen LogP) is 2.91. The third kappa shape index (κ3) is 1.01. The van der Waals surface area contributed by atoms with Crippen molar-refractivity contribution in [2.24, 2.45) is 23.2 Å². The zero-order valence-electron chi connectivity index (χ0n) is 10.00. The maximum Gasteiger partial charge on any atom is 0.310 e. The zero-order chi connectivity index (χ0) is 11.0. The van der Waals surface area contributed by atoms with Crippen LogP contribution < -0.4 is 0 Å². The standard InChI is InChI=1S/C14H20O2/c1-13(8-12(15)16-13)14-5-9-2-10(6-14)4-11(3-9)7-14/h9-11H,2-8H2,1H3/t9?,10?,11?,13-,14?/m1/s1. The number of carbonyl (C=O) groups is 1. The molecule has 16 heavy (non-hydrogen) atoms. The fraction of sp³-hybridized carbons (Fsp3) is 0.929. The quantitative estimate of drug-likeness (QED) is 0.635. The summed E-state index contributed by atoms with van der Waals surface area (Å²) in [6, 6.07) is 0. The topological polar surface area (TPSA) is 26.3 Å². The normalized spacial score (nSPS) is 58.3. The largest absolute Gasteiger partial charge is 0.458 e. The number of carbonyl (C=O) groups excluding carboxylic acids is 1. The number of esters is 1. The molecule has 0 aromatic rings. The Labute approximate surface area is 96.7 Å². The van der Waals surface area contributed by atoms with E-state index in [1.807, 2.05) is 0 Å². The Kier molecular flexibility index (Phi) is 1.57. The maximum atomic E-state index is 11.2. The second kappa shape index (κ2) is 2.65. The Morgan fingerprint density at radius 3 is 1.88 bits per heavy atom. The molecule has 5 rings (SSSR count). The van der Waals surface area contributed by atoms with E-state index in [1.54, 1.807) is 0 Å². The molecule has 1 saturated heterocycles. The lowest BCUT2D eigenvalue weighted by Crippen LogP contribution is -2.63. The third-order valence-electron chi connectivity index (χ3n) is 5.98. The molecule has 0 spiro atoms. The van der Waals surface area contributed by atoms with Crippen LogP contribution >= 0.6 is 0 Å². The minimum atomic E-state index is -0.0971. The lowest BCUT2D eigenvalue weighted by molar-refractivity contribution is -0.242. The Bertz CT molecular complexity index is 314. The van der Waals surface area contributed by atoms with Crippen LogP contribution in [0.2, 0.25) is 0 Å². The van der Waals surface area contributed by atoms with Crippen molar-refractivity contribution in [1.29, 1.82) is 0 Å². The van der Waals surface area contributed by atoms with Crippen molar-refractivity contribution in [3.8, 4) is 0 Å². The third-order valence-corrected chi connectivity index (χ3v) is 5.98. The van der Waals surface area contributed by atoms with E-state index in [4.69, 9.17) is 4.74 Å². The summed E-state index contributed by atoms with van der Waals surface area (Å²) in [5, 5.41) is 0. The molecule has 0 unspecified atom stereocenters. The maximum absolute atomic E-state index is 11.2. The number of hydrogen-bond donors (Lipinski definition) is 0. The highest BCUT2D eigenvalue weighted by Crippen LogP contribution is 2.66. The van der Waals surface area contributed by atoms with Gasteiger partial charge in [-0.2, -0.15) is 0 Å². The molecule has 4 saturated carbocycles. The molecule has 1 aliphatic heterocycles. The second-order valence-electron chi connectivity index (χ2n) is 7.08. The van der Waals surface area contributed by atoms with Gasteiger partial charge in [0.05, 0.1) is 6.42 Å². The van der Waals surface area contributed by atoms with Crippen molar-refractivity contribution in [2.45, 2.75) is 57.5 Å². The average Bonchev–Trinajstić information content (AvgIpc) is 2.12. The summed E-state index contributed by atoms with van der Waals surface area (Å²) in [5.41, 5.74) is 0.274. The molecule has 2 heteroatoms. The van der Waals surface area contributed by atoms with E-state index in [-0.39, 0.29) is 11.6 Å². The highest BCUT2D eigenvalue weighted by Gasteiger charge is 2.64. The van der Waals surface area contributed by atoms with Crippen LogP contribution in [-0.2, 0) is 9.53 Å². The van der Waals surface area contributed by atoms with Crippen LogP contribution in [0.1, 0.15) is 51.9 Å². The Balaban J connectivity index is 1.69. The summed E-state index contributed by atoms with van der Waals surface area (Å²) in [7, 11) is 0. The van der Waals surface area contributed by atoms with Crippen molar-refractivity contribution in [3.05, 3.63) is 0 Å². The van der Waals surface area contributed by atoms with Gasteiger partial charge in [0, 0.05) is 5.41 Å². The van der Waals surface area contributed by atoms with Gasteiger partial charge in [-0.15, -0.1) is 0 Å². The molecule has 0 radical (unpaired) electrons. The van der Waals surface area contributed by atoms with Gasteiger partial charge in [-0.25, -0.2) is 0 Å². The zero-order valence-corrected chi connectivity index (χ0v) is 10.00. The van der Waals surface area contributed by atoms with Crippen LogP contribution in [0.4, 0.5) is 0 Å². The smallest absolute Gasteiger partial charge is 0.310 e. The summed E-state index contributed by atoms with van der Waals surface area (Å²) in [6.45, 7) is 2.20. The number of cyclic esters (lactones) is 1. The van der Waals surface area contributed by atoms with Crippen LogP contribution in [0.25, 0.3) is 0 Å². The fourth-order valence-corrected chi connectivity index (χ4v) is 5.57. The minimum absolute atomic E-state index is 0.0262. The van der Waals surface area contributed by atoms with Crippen molar-refractivity contribution in [3.63, 3.8) is 0 Å². The van der Waals surface area contributed by atoms with Crippen LogP contribution in [0.5, 0.6) is 0 Å². The summed E-state index contributed by atoms with van der Waals surface area (Å²) in [6.07, 6.45) is 9.07. The van der Waals surface area contributed by atoms with E-state index >= 15 is 0 Å². The molecule has 2 nitrogen and oxygen atoms in total. The van der Waals surface area contributed by atoms with E-state index in [2.05, 4.69) is 6.92 Å². The summed E-state index contributed by atoms with van der Waals surface area (Å²) in [4.78, 5) is 11.2. The van der Waals surface area contributed by atoms with Gasteiger partial charge in [0.1, 0.15) is 5.60 Å². The van der Waals surface area contributed by atoms with Gasteiger partial charge in [0.25, 0.3) is 0 Å². The Morgan fingerprint density at radius 2 is 1.50 bits per heavy atom. The molecule has 0 amide bonds. The van der Waals surface area contributed by atoms with Gasteiger partial charge in [-0.05, 0) is 63.2 Å². The second-order valence-corrected chi connectivity index (χ2v) is 7.08. The first-order chi connectivity index (χ1) is 7.59. The summed E-state index contributed by atoms with van der Waals surface area (Å²) < 4.78 is 5.57. The average molecular weight is 220 g/mol. The SMILES string of the molecule is C[C@]1(C23CC4CC(CC(C4)C2)C3)CC(=O)O1. The van der Waals surface area contributed by atoms with E-state index in [0.29, 0.717) is 11.8 Å². The molecule has 5 aliphatic rings. The number of ether oxygens (including phenoxy) is 1. The van der Waals surface area contributed by atoms with Gasteiger partial charge in [-0.1, -0.05) is 0 Å². The highest BCUT2D eigenvalue weighted by molar-refractivity contribution is 5.77.